The van der Waals surface area contributed by atoms with Gasteiger partial charge in [0.15, 0.2) is 0 Å². The van der Waals surface area contributed by atoms with Crippen LogP contribution in [0.5, 0.6) is 0 Å². The predicted molar refractivity (Wildman–Crippen MR) is 99.7 cm³/mol. The molecule has 0 spiro atoms. The van der Waals surface area contributed by atoms with Gasteiger partial charge in [0.2, 0.25) is 5.91 Å². The third-order valence-electron chi connectivity index (χ3n) is 5.56. The lowest BCUT2D eigenvalue weighted by atomic mass is 10.0. The minimum Gasteiger partial charge on any atom is -0.358 e. The number of hydrogen-bond donors (Lipinski definition) is 1. The summed E-state index contributed by atoms with van der Waals surface area (Å²) in [6.45, 7) is 1.36. The zero-order valence-electron chi connectivity index (χ0n) is 14.6. The van der Waals surface area contributed by atoms with E-state index < -0.39 is 11.9 Å². The minimum absolute atomic E-state index is 0.161. The molecule has 5 nitrogen and oxygen atoms in total. The normalized spacial score (nSPS) is 20.5. The van der Waals surface area contributed by atoms with Crippen LogP contribution in [-0.2, 0) is 22.6 Å². The molecule has 1 saturated heterocycles. The molecule has 2 aromatic carbocycles. The zero-order valence-corrected chi connectivity index (χ0v) is 14.6. The SMILES string of the molecule is O=C1C[C@H](N2CCc3[nH]c4ccccc4c3C2)C(=O)N1c1ccc(F)cc1. The first-order valence-electron chi connectivity index (χ1n) is 9.07. The lowest BCUT2D eigenvalue weighted by molar-refractivity contribution is -0.123. The first kappa shape index (κ1) is 16.2. The molecule has 2 aliphatic heterocycles. The number of H-pyrrole nitrogens is 1. The maximum Gasteiger partial charge on any atom is 0.251 e. The second kappa shape index (κ2) is 6.03. The van der Waals surface area contributed by atoms with Crippen molar-refractivity contribution >= 4 is 28.4 Å². The third-order valence-corrected chi connectivity index (χ3v) is 5.56. The molecule has 6 heteroatoms. The Morgan fingerprint density at radius 2 is 1.81 bits per heavy atom. The highest BCUT2D eigenvalue weighted by atomic mass is 19.1. The van der Waals surface area contributed by atoms with Gasteiger partial charge >= 0.3 is 0 Å². The number of rotatable bonds is 2. The minimum atomic E-state index is -0.468. The Labute approximate surface area is 155 Å². The number of aromatic amines is 1. The number of imide groups is 1. The molecule has 0 saturated carbocycles. The summed E-state index contributed by atoms with van der Waals surface area (Å²) < 4.78 is 13.2. The van der Waals surface area contributed by atoms with Crippen LogP contribution >= 0.6 is 0 Å². The van der Waals surface area contributed by atoms with E-state index in [-0.39, 0.29) is 18.2 Å². The van der Waals surface area contributed by atoms with Gasteiger partial charge in [0.1, 0.15) is 5.82 Å². The van der Waals surface area contributed by atoms with Crippen molar-refractivity contribution in [2.75, 3.05) is 11.4 Å². The van der Waals surface area contributed by atoms with Gasteiger partial charge in [-0.15, -0.1) is 0 Å². The first-order valence-corrected chi connectivity index (χ1v) is 9.07. The van der Waals surface area contributed by atoms with E-state index in [4.69, 9.17) is 0 Å². The van der Waals surface area contributed by atoms with Crippen LogP contribution in [0.2, 0.25) is 0 Å². The highest BCUT2D eigenvalue weighted by Crippen LogP contribution is 2.32. The maximum atomic E-state index is 13.2. The number of para-hydroxylation sites is 1. The molecule has 1 aromatic heterocycles. The van der Waals surface area contributed by atoms with E-state index in [0.29, 0.717) is 12.2 Å². The molecule has 3 heterocycles. The van der Waals surface area contributed by atoms with Gasteiger partial charge in [-0.05, 0) is 35.9 Å². The quantitative estimate of drug-likeness (QED) is 0.712. The van der Waals surface area contributed by atoms with Crippen LogP contribution in [0.4, 0.5) is 10.1 Å². The molecule has 2 aliphatic rings. The van der Waals surface area contributed by atoms with Gasteiger partial charge in [-0.3, -0.25) is 14.5 Å². The first-order chi connectivity index (χ1) is 13.1. The molecule has 1 atom stereocenters. The van der Waals surface area contributed by atoms with Gasteiger partial charge in [0.05, 0.1) is 18.2 Å². The van der Waals surface area contributed by atoms with Gasteiger partial charge in [-0.2, -0.15) is 0 Å². The molecule has 1 N–H and O–H groups in total. The van der Waals surface area contributed by atoms with E-state index in [1.54, 1.807) is 0 Å². The van der Waals surface area contributed by atoms with E-state index in [1.807, 2.05) is 12.1 Å². The highest BCUT2D eigenvalue weighted by molar-refractivity contribution is 6.22. The van der Waals surface area contributed by atoms with Crippen molar-refractivity contribution in [1.82, 2.24) is 9.88 Å². The average molecular weight is 363 g/mol. The highest BCUT2D eigenvalue weighted by Gasteiger charge is 2.43. The van der Waals surface area contributed by atoms with Crippen LogP contribution in [0.25, 0.3) is 10.9 Å². The summed E-state index contributed by atoms with van der Waals surface area (Å²) in [7, 11) is 0. The lowest BCUT2D eigenvalue weighted by Gasteiger charge is -2.31. The summed E-state index contributed by atoms with van der Waals surface area (Å²) in [4.78, 5) is 32.2. The number of benzene rings is 2. The third kappa shape index (κ3) is 2.56. The van der Waals surface area contributed by atoms with Crippen LogP contribution in [0.3, 0.4) is 0 Å². The number of nitrogens with one attached hydrogen (secondary N) is 1. The van der Waals surface area contributed by atoms with Crippen molar-refractivity contribution in [1.29, 1.82) is 0 Å². The summed E-state index contributed by atoms with van der Waals surface area (Å²) in [5.74, 6) is -0.853. The fourth-order valence-electron chi connectivity index (χ4n) is 4.22. The molecule has 0 radical (unpaired) electrons. The van der Waals surface area contributed by atoms with Crippen molar-refractivity contribution in [3.8, 4) is 0 Å². The number of anilines is 1. The van der Waals surface area contributed by atoms with Crippen LogP contribution in [0, 0.1) is 5.82 Å². The van der Waals surface area contributed by atoms with Gasteiger partial charge in [0, 0.05) is 36.1 Å². The Morgan fingerprint density at radius 1 is 1.04 bits per heavy atom. The molecule has 2 amide bonds. The summed E-state index contributed by atoms with van der Waals surface area (Å²) in [6, 6.07) is 13.2. The number of hydrogen-bond acceptors (Lipinski definition) is 3. The van der Waals surface area contributed by atoms with Crippen molar-refractivity contribution in [3.63, 3.8) is 0 Å². The lowest BCUT2D eigenvalue weighted by Crippen LogP contribution is -2.44. The monoisotopic (exact) mass is 363 g/mol. The van der Waals surface area contributed by atoms with Gasteiger partial charge < -0.3 is 4.98 Å². The molecule has 3 aromatic rings. The van der Waals surface area contributed by atoms with Crippen LogP contribution in [0.1, 0.15) is 17.7 Å². The Bertz CT molecular complexity index is 1060. The van der Waals surface area contributed by atoms with Crippen molar-refractivity contribution in [3.05, 3.63) is 65.6 Å². The summed E-state index contributed by atoms with van der Waals surface area (Å²) in [5.41, 5.74) is 3.95. The molecular weight excluding hydrogens is 345 g/mol. The molecular formula is C21H18FN3O2. The van der Waals surface area contributed by atoms with Crippen LogP contribution in [0.15, 0.2) is 48.5 Å². The van der Waals surface area contributed by atoms with E-state index >= 15 is 0 Å². The summed E-state index contributed by atoms with van der Waals surface area (Å²) >= 11 is 0. The number of halogens is 1. The van der Waals surface area contributed by atoms with Crippen molar-refractivity contribution < 1.29 is 14.0 Å². The number of carbonyl (C=O) groups is 2. The Balaban J connectivity index is 1.43. The van der Waals surface area contributed by atoms with Gasteiger partial charge in [-0.1, -0.05) is 18.2 Å². The summed E-state index contributed by atoms with van der Waals surface area (Å²) in [6.07, 6.45) is 0.979. The van der Waals surface area contributed by atoms with Gasteiger partial charge in [0.25, 0.3) is 5.91 Å². The largest absolute Gasteiger partial charge is 0.358 e. The fraction of sp³-hybridized carbons (Fsp3) is 0.238. The summed E-state index contributed by atoms with van der Waals surface area (Å²) in [5, 5.41) is 1.17. The second-order valence-electron chi connectivity index (χ2n) is 7.11. The van der Waals surface area contributed by atoms with E-state index in [2.05, 4.69) is 22.0 Å². The van der Waals surface area contributed by atoms with Crippen LogP contribution in [-0.4, -0.2) is 34.3 Å². The zero-order chi connectivity index (χ0) is 18.5. The van der Waals surface area contributed by atoms with E-state index in [1.165, 1.54) is 45.8 Å². The average Bonchev–Trinajstić information content (AvgIpc) is 3.19. The van der Waals surface area contributed by atoms with Crippen LogP contribution < -0.4 is 4.90 Å². The Kier molecular flexibility index (Phi) is 3.62. The number of carbonyl (C=O) groups excluding carboxylic acids is 2. The maximum absolute atomic E-state index is 13.2. The molecule has 0 aliphatic carbocycles. The predicted octanol–water partition coefficient (Wildman–Crippen LogP) is 3.00. The van der Waals surface area contributed by atoms with Gasteiger partial charge in [-0.25, -0.2) is 9.29 Å². The second-order valence-corrected chi connectivity index (χ2v) is 7.11. The molecule has 27 heavy (non-hydrogen) atoms. The molecule has 0 unspecified atom stereocenters. The standard InChI is InChI=1S/C21H18FN3O2/c22-13-5-7-14(8-6-13)25-20(26)11-19(21(25)27)24-10-9-18-16(12-24)15-3-1-2-4-17(15)23-18/h1-8,19,23H,9-12H2/t19-/m0/s1. The number of aromatic nitrogens is 1. The molecule has 1 fully saturated rings. The van der Waals surface area contributed by atoms with Crippen molar-refractivity contribution in [2.45, 2.75) is 25.4 Å². The number of amides is 2. The van der Waals surface area contributed by atoms with E-state index in [9.17, 15) is 14.0 Å². The molecule has 5 rings (SSSR count). The topological polar surface area (TPSA) is 56.4 Å². The van der Waals surface area contributed by atoms with E-state index in [0.717, 1.165) is 18.5 Å². The number of nitrogens with zero attached hydrogens (tertiary/aromatic N) is 2. The Morgan fingerprint density at radius 3 is 2.63 bits per heavy atom. The molecule has 0 bridgehead atoms. The Hall–Kier alpha value is -2.99. The number of fused-ring (bicyclic) bond motifs is 3. The van der Waals surface area contributed by atoms with Crippen molar-refractivity contribution in [2.24, 2.45) is 0 Å². The smallest absolute Gasteiger partial charge is 0.251 e. The fourth-order valence-corrected chi connectivity index (χ4v) is 4.22. The molecule has 136 valence electrons.